The molecule has 1 saturated heterocycles. The van der Waals surface area contributed by atoms with Crippen LogP contribution in [-0.4, -0.2) is 39.6 Å². The molecule has 1 aromatic carbocycles. The minimum atomic E-state index is -0.909. The topological polar surface area (TPSA) is 49.4 Å². The van der Waals surface area contributed by atoms with Gasteiger partial charge in [0.25, 0.3) is 0 Å². The van der Waals surface area contributed by atoms with Crippen LogP contribution in [0.25, 0.3) is 0 Å². The standard InChI is InChI=1S/C15H21ClN2O2S/c1-3-4-13-15(19)18(9-10-21(2)20)14(17-13)11-5-7-12(16)8-6-11/h5-8,13-14,17H,3-4,9-10H2,1-2H3. The van der Waals surface area contributed by atoms with Crippen LogP contribution in [0.4, 0.5) is 0 Å². The Balaban J connectivity index is 2.20. The van der Waals surface area contributed by atoms with E-state index in [9.17, 15) is 9.00 Å². The highest BCUT2D eigenvalue weighted by Crippen LogP contribution is 2.27. The molecule has 1 aromatic rings. The van der Waals surface area contributed by atoms with E-state index in [0.29, 0.717) is 17.3 Å². The van der Waals surface area contributed by atoms with Crippen LogP contribution in [-0.2, 0) is 15.6 Å². The normalized spacial score (nSPS) is 23.6. The fraction of sp³-hybridized carbons (Fsp3) is 0.533. The number of carbonyl (C=O) groups is 1. The molecule has 0 aliphatic carbocycles. The van der Waals surface area contributed by atoms with Gasteiger partial charge in [-0.2, -0.15) is 0 Å². The van der Waals surface area contributed by atoms with Crippen molar-refractivity contribution in [3.63, 3.8) is 0 Å². The van der Waals surface area contributed by atoms with Crippen molar-refractivity contribution in [1.82, 2.24) is 10.2 Å². The second kappa shape index (κ2) is 7.38. The van der Waals surface area contributed by atoms with E-state index in [1.807, 2.05) is 24.3 Å². The number of nitrogens with one attached hydrogen (secondary N) is 1. The van der Waals surface area contributed by atoms with Gasteiger partial charge in [-0.3, -0.25) is 14.3 Å². The van der Waals surface area contributed by atoms with Crippen molar-refractivity contribution in [2.75, 3.05) is 18.6 Å². The minimum Gasteiger partial charge on any atom is -0.321 e. The minimum absolute atomic E-state index is 0.0993. The van der Waals surface area contributed by atoms with Crippen molar-refractivity contribution >= 4 is 28.3 Å². The van der Waals surface area contributed by atoms with Crippen molar-refractivity contribution in [2.24, 2.45) is 0 Å². The maximum absolute atomic E-state index is 12.5. The quantitative estimate of drug-likeness (QED) is 0.872. The predicted octanol–water partition coefficient (Wildman–Crippen LogP) is 2.32. The number of carbonyl (C=O) groups excluding carboxylic acids is 1. The van der Waals surface area contributed by atoms with E-state index >= 15 is 0 Å². The molecule has 1 amide bonds. The molecule has 0 radical (unpaired) electrons. The molecule has 1 aliphatic heterocycles. The van der Waals surface area contributed by atoms with Gasteiger partial charge in [0.2, 0.25) is 5.91 Å². The number of hydrogen-bond donors (Lipinski definition) is 1. The predicted molar refractivity (Wildman–Crippen MR) is 86.7 cm³/mol. The third-order valence-electron chi connectivity index (χ3n) is 3.63. The maximum Gasteiger partial charge on any atom is 0.241 e. The first kappa shape index (κ1) is 16.5. The van der Waals surface area contributed by atoms with E-state index < -0.39 is 10.8 Å². The van der Waals surface area contributed by atoms with Gasteiger partial charge in [0.15, 0.2) is 0 Å². The Morgan fingerprint density at radius 2 is 2.00 bits per heavy atom. The summed E-state index contributed by atoms with van der Waals surface area (Å²) in [4.78, 5) is 14.3. The van der Waals surface area contributed by atoms with Crippen LogP contribution in [0.1, 0.15) is 31.5 Å². The highest BCUT2D eigenvalue weighted by Gasteiger charge is 2.38. The first-order valence-corrected chi connectivity index (χ1v) is 9.25. The molecule has 21 heavy (non-hydrogen) atoms. The molecule has 6 heteroatoms. The van der Waals surface area contributed by atoms with Crippen LogP contribution >= 0.6 is 11.6 Å². The Morgan fingerprint density at radius 3 is 2.57 bits per heavy atom. The molecule has 3 atom stereocenters. The molecule has 1 fully saturated rings. The van der Waals surface area contributed by atoms with Crippen LogP contribution in [0, 0.1) is 0 Å². The average Bonchev–Trinajstić information content (AvgIpc) is 2.75. The largest absolute Gasteiger partial charge is 0.321 e. The zero-order chi connectivity index (χ0) is 15.4. The second-order valence-corrected chi connectivity index (χ2v) is 7.26. The Labute approximate surface area is 133 Å². The van der Waals surface area contributed by atoms with E-state index in [-0.39, 0.29) is 18.1 Å². The number of rotatable bonds is 6. The number of halogens is 1. The average molecular weight is 329 g/mol. The fourth-order valence-electron chi connectivity index (χ4n) is 2.56. The van der Waals surface area contributed by atoms with Gasteiger partial charge in [-0.1, -0.05) is 37.1 Å². The van der Waals surface area contributed by atoms with Crippen molar-refractivity contribution < 1.29 is 9.00 Å². The van der Waals surface area contributed by atoms with Crippen molar-refractivity contribution in [2.45, 2.75) is 32.0 Å². The fourth-order valence-corrected chi connectivity index (χ4v) is 3.14. The van der Waals surface area contributed by atoms with Crippen LogP contribution < -0.4 is 5.32 Å². The van der Waals surface area contributed by atoms with Crippen molar-refractivity contribution in [3.8, 4) is 0 Å². The van der Waals surface area contributed by atoms with Crippen molar-refractivity contribution in [3.05, 3.63) is 34.9 Å². The van der Waals surface area contributed by atoms with Gasteiger partial charge >= 0.3 is 0 Å². The third-order valence-corrected chi connectivity index (χ3v) is 4.64. The third kappa shape index (κ3) is 4.05. The SMILES string of the molecule is CCCC1NC(c2ccc(Cl)cc2)N(CCS(C)=O)C1=O. The summed E-state index contributed by atoms with van der Waals surface area (Å²) in [6.45, 7) is 2.57. The van der Waals surface area contributed by atoms with Crippen LogP contribution in [0.5, 0.6) is 0 Å². The first-order valence-electron chi connectivity index (χ1n) is 7.15. The number of nitrogens with zero attached hydrogens (tertiary/aromatic N) is 1. The lowest BCUT2D eigenvalue weighted by Crippen LogP contribution is -2.34. The molecule has 0 bridgehead atoms. The molecule has 2 rings (SSSR count). The zero-order valence-electron chi connectivity index (χ0n) is 12.3. The molecule has 3 unspecified atom stereocenters. The molecule has 4 nitrogen and oxygen atoms in total. The van der Waals surface area contributed by atoms with Crippen LogP contribution in [0.15, 0.2) is 24.3 Å². The number of amides is 1. The Hall–Kier alpha value is -0.910. The Morgan fingerprint density at radius 1 is 1.33 bits per heavy atom. The lowest BCUT2D eigenvalue weighted by atomic mass is 10.1. The number of hydrogen-bond acceptors (Lipinski definition) is 3. The Kier molecular flexibility index (Phi) is 5.79. The molecular weight excluding hydrogens is 308 g/mol. The summed E-state index contributed by atoms with van der Waals surface area (Å²) < 4.78 is 11.3. The van der Waals surface area contributed by atoms with Gasteiger partial charge in [-0.25, -0.2) is 0 Å². The van der Waals surface area contributed by atoms with Gasteiger partial charge in [0.1, 0.15) is 6.17 Å². The lowest BCUT2D eigenvalue weighted by molar-refractivity contribution is -0.130. The van der Waals surface area contributed by atoms with E-state index in [0.717, 1.165) is 18.4 Å². The summed E-state index contributed by atoms with van der Waals surface area (Å²) in [7, 11) is -0.909. The second-order valence-electron chi connectivity index (χ2n) is 5.27. The van der Waals surface area contributed by atoms with E-state index in [1.165, 1.54) is 0 Å². The summed E-state index contributed by atoms with van der Waals surface area (Å²) >= 11 is 5.92. The molecule has 1 heterocycles. The Bertz CT molecular complexity index is 521. The van der Waals surface area contributed by atoms with Gasteiger partial charge in [0, 0.05) is 34.4 Å². The van der Waals surface area contributed by atoms with Gasteiger partial charge < -0.3 is 4.90 Å². The van der Waals surface area contributed by atoms with Gasteiger partial charge in [-0.05, 0) is 24.1 Å². The van der Waals surface area contributed by atoms with E-state index in [2.05, 4.69) is 12.2 Å². The highest BCUT2D eigenvalue weighted by molar-refractivity contribution is 7.84. The van der Waals surface area contributed by atoms with Gasteiger partial charge in [0.05, 0.1) is 6.04 Å². The molecule has 0 saturated carbocycles. The highest BCUT2D eigenvalue weighted by atomic mass is 35.5. The smallest absolute Gasteiger partial charge is 0.241 e. The lowest BCUT2D eigenvalue weighted by Gasteiger charge is -2.24. The van der Waals surface area contributed by atoms with Crippen LogP contribution in [0.3, 0.4) is 0 Å². The molecule has 116 valence electrons. The molecule has 1 N–H and O–H groups in total. The van der Waals surface area contributed by atoms with Crippen LogP contribution in [0.2, 0.25) is 5.02 Å². The maximum atomic E-state index is 12.5. The van der Waals surface area contributed by atoms with Crippen molar-refractivity contribution in [1.29, 1.82) is 0 Å². The zero-order valence-corrected chi connectivity index (χ0v) is 13.9. The monoisotopic (exact) mass is 328 g/mol. The first-order chi connectivity index (χ1) is 10.0. The summed E-state index contributed by atoms with van der Waals surface area (Å²) in [6.07, 6.45) is 3.27. The van der Waals surface area contributed by atoms with E-state index in [4.69, 9.17) is 11.6 Å². The molecular formula is C15H21ClN2O2S. The summed E-state index contributed by atoms with van der Waals surface area (Å²) in [5.41, 5.74) is 1.01. The summed E-state index contributed by atoms with van der Waals surface area (Å²) in [6, 6.07) is 7.36. The molecule has 1 aliphatic rings. The summed E-state index contributed by atoms with van der Waals surface area (Å²) in [5.74, 6) is 0.596. The molecule has 0 spiro atoms. The summed E-state index contributed by atoms with van der Waals surface area (Å²) in [5, 5.41) is 4.06. The number of benzene rings is 1. The van der Waals surface area contributed by atoms with Gasteiger partial charge in [-0.15, -0.1) is 0 Å². The molecule has 0 aromatic heterocycles. The van der Waals surface area contributed by atoms with E-state index in [1.54, 1.807) is 11.2 Å².